The zero-order chi connectivity index (χ0) is 17.6. The maximum absolute atomic E-state index is 12.0. The van der Waals surface area contributed by atoms with Crippen LogP contribution in [-0.2, 0) is 14.8 Å². The summed E-state index contributed by atoms with van der Waals surface area (Å²) < 4.78 is 25.8. The first-order valence-corrected chi connectivity index (χ1v) is 8.84. The molecule has 23 heavy (non-hydrogen) atoms. The van der Waals surface area contributed by atoms with E-state index < -0.39 is 15.9 Å². The molecule has 0 radical (unpaired) electrons. The minimum atomic E-state index is -3.75. The topological polar surface area (TPSA) is 104 Å². The highest BCUT2D eigenvalue weighted by atomic mass is 35.5. The van der Waals surface area contributed by atoms with E-state index in [9.17, 15) is 18.0 Å². The highest BCUT2D eigenvalue weighted by Gasteiger charge is 2.18. The Morgan fingerprint density at radius 3 is 2.35 bits per heavy atom. The van der Waals surface area contributed by atoms with E-state index in [-0.39, 0.29) is 40.4 Å². The van der Waals surface area contributed by atoms with Crippen molar-refractivity contribution in [1.29, 1.82) is 0 Å². The molecule has 0 aliphatic rings. The molecule has 0 unspecified atom stereocenters. The fourth-order valence-corrected chi connectivity index (χ4v) is 2.88. The van der Waals surface area contributed by atoms with Crippen LogP contribution in [0.25, 0.3) is 0 Å². The number of carbonyl (C=O) groups excluding carboxylic acids is 2. The molecule has 0 aromatic heterocycles. The fourth-order valence-electron chi connectivity index (χ4n) is 1.63. The molecule has 0 bridgehead atoms. The maximum Gasteiger partial charge on any atom is 0.251 e. The summed E-state index contributed by atoms with van der Waals surface area (Å²) in [5.74, 6) is -0.683. The molecule has 128 valence electrons. The van der Waals surface area contributed by atoms with Gasteiger partial charge in [-0.2, -0.15) is 0 Å². The second kappa shape index (κ2) is 8.28. The van der Waals surface area contributed by atoms with E-state index in [1.165, 1.54) is 25.2 Å². The first kappa shape index (κ1) is 19.4. The van der Waals surface area contributed by atoms with E-state index in [1.807, 2.05) is 0 Å². The quantitative estimate of drug-likeness (QED) is 0.623. The number of nitrogens with one attached hydrogen (secondary N) is 3. The molecule has 1 aromatic carbocycles. The maximum atomic E-state index is 12.0. The van der Waals surface area contributed by atoms with Crippen molar-refractivity contribution < 1.29 is 18.0 Å². The smallest absolute Gasteiger partial charge is 0.251 e. The van der Waals surface area contributed by atoms with Gasteiger partial charge in [0.05, 0.1) is 5.02 Å². The number of amides is 2. The van der Waals surface area contributed by atoms with E-state index in [1.54, 1.807) is 13.8 Å². The van der Waals surface area contributed by atoms with Crippen LogP contribution < -0.4 is 15.4 Å². The van der Waals surface area contributed by atoms with Crippen LogP contribution in [0.15, 0.2) is 23.1 Å². The Hall–Kier alpha value is -1.64. The third kappa shape index (κ3) is 5.49. The largest absolute Gasteiger partial charge is 0.354 e. The van der Waals surface area contributed by atoms with Crippen molar-refractivity contribution in [2.45, 2.75) is 18.7 Å². The van der Waals surface area contributed by atoms with Crippen LogP contribution in [0.5, 0.6) is 0 Å². The molecule has 0 heterocycles. The Labute approximate surface area is 140 Å². The molecule has 0 saturated heterocycles. The molecule has 2 amide bonds. The van der Waals surface area contributed by atoms with Gasteiger partial charge in [0, 0.05) is 24.6 Å². The number of hydrogen-bond acceptors (Lipinski definition) is 4. The van der Waals surface area contributed by atoms with Crippen LogP contribution in [0.2, 0.25) is 5.02 Å². The minimum Gasteiger partial charge on any atom is -0.354 e. The van der Waals surface area contributed by atoms with Gasteiger partial charge in [0.1, 0.15) is 4.90 Å². The SMILES string of the molecule is CNS(=O)(=O)c1cc(C(=O)NCCNC(=O)C(C)C)ccc1Cl. The van der Waals surface area contributed by atoms with E-state index in [0.717, 1.165) is 0 Å². The van der Waals surface area contributed by atoms with Gasteiger partial charge in [-0.15, -0.1) is 0 Å². The van der Waals surface area contributed by atoms with E-state index in [2.05, 4.69) is 15.4 Å². The standard InChI is InChI=1S/C14H20ClN3O4S/c1-9(2)13(19)17-6-7-18-14(20)10-4-5-11(15)12(8-10)23(21,22)16-3/h4-5,8-9,16H,6-7H2,1-3H3,(H,17,19)(H,18,20). The Bertz CT molecular complexity index is 689. The molecular formula is C14H20ClN3O4S. The fraction of sp³-hybridized carbons (Fsp3) is 0.429. The van der Waals surface area contributed by atoms with Crippen LogP contribution in [0.3, 0.4) is 0 Å². The van der Waals surface area contributed by atoms with E-state index in [4.69, 9.17) is 11.6 Å². The second-order valence-electron chi connectivity index (χ2n) is 5.05. The molecule has 0 fully saturated rings. The lowest BCUT2D eigenvalue weighted by atomic mass is 10.2. The number of hydrogen-bond donors (Lipinski definition) is 3. The van der Waals surface area contributed by atoms with Crippen molar-refractivity contribution in [2.75, 3.05) is 20.1 Å². The number of benzene rings is 1. The summed E-state index contributed by atoms with van der Waals surface area (Å²) in [5.41, 5.74) is 0.165. The first-order chi connectivity index (χ1) is 10.7. The summed E-state index contributed by atoms with van der Waals surface area (Å²) in [7, 11) is -2.49. The van der Waals surface area contributed by atoms with Crippen molar-refractivity contribution in [3.8, 4) is 0 Å². The first-order valence-electron chi connectivity index (χ1n) is 6.98. The lowest BCUT2D eigenvalue weighted by molar-refractivity contribution is -0.123. The van der Waals surface area contributed by atoms with Gasteiger partial charge in [-0.1, -0.05) is 25.4 Å². The summed E-state index contributed by atoms with van der Waals surface area (Å²) in [4.78, 5) is 23.2. The van der Waals surface area contributed by atoms with Gasteiger partial charge in [-0.05, 0) is 25.2 Å². The van der Waals surface area contributed by atoms with Crippen molar-refractivity contribution in [2.24, 2.45) is 5.92 Å². The number of sulfonamides is 1. The summed E-state index contributed by atoms with van der Waals surface area (Å²) in [6.45, 7) is 4.06. The molecule has 3 N–H and O–H groups in total. The summed E-state index contributed by atoms with van der Waals surface area (Å²) in [6.07, 6.45) is 0. The van der Waals surface area contributed by atoms with Crippen LogP contribution >= 0.6 is 11.6 Å². The van der Waals surface area contributed by atoms with Gasteiger partial charge in [0.2, 0.25) is 15.9 Å². The lowest BCUT2D eigenvalue weighted by Crippen LogP contribution is -2.36. The summed E-state index contributed by atoms with van der Waals surface area (Å²) in [5, 5.41) is 5.29. The molecule has 7 nitrogen and oxygen atoms in total. The lowest BCUT2D eigenvalue weighted by Gasteiger charge is -2.10. The van der Waals surface area contributed by atoms with Gasteiger partial charge in [-0.3, -0.25) is 9.59 Å². The predicted molar refractivity (Wildman–Crippen MR) is 87.9 cm³/mol. The Balaban J connectivity index is 2.71. The predicted octanol–water partition coefficient (Wildman–Crippen LogP) is 0.750. The van der Waals surface area contributed by atoms with Crippen molar-refractivity contribution in [1.82, 2.24) is 15.4 Å². The van der Waals surface area contributed by atoms with Crippen molar-refractivity contribution >= 4 is 33.4 Å². The third-order valence-electron chi connectivity index (χ3n) is 2.99. The Morgan fingerprint density at radius 1 is 1.17 bits per heavy atom. The average Bonchev–Trinajstić information content (AvgIpc) is 2.51. The van der Waals surface area contributed by atoms with E-state index in [0.29, 0.717) is 0 Å². The highest BCUT2D eigenvalue weighted by molar-refractivity contribution is 7.89. The third-order valence-corrected chi connectivity index (χ3v) is 4.88. The molecule has 0 spiro atoms. The second-order valence-corrected chi connectivity index (χ2v) is 7.32. The highest BCUT2D eigenvalue weighted by Crippen LogP contribution is 2.22. The van der Waals surface area contributed by atoms with Crippen LogP contribution in [0, 0.1) is 5.92 Å². The molecule has 1 rings (SSSR count). The van der Waals surface area contributed by atoms with Crippen LogP contribution in [0.4, 0.5) is 0 Å². The van der Waals surface area contributed by atoms with Gasteiger partial charge < -0.3 is 10.6 Å². The van der Waals surface area contributed by atoms with Crippen LogP contribution in [-0.4, -0.2) is 40.4 Å². The number of rotatable bonds is 7. The molecule has 9 heteroatoms. The molecule has 0 atom stereocenters. The average molecular weight is 362 g/mol. The van der Waals surface area contributed by atoms with Gasteiger partial charge in [0.15, 0.2) is 0 Å². The Kier molecular flexibility index (Phi) is 6.99. The number of carbonyl (C=O) groups is 2. The molecule has 0 aliphatic carbocycles. The molecule has 0 saturated carbocycles. The van der Waals surface area contributed by atoms with Crippen LogP contribution in [0.1, 0.15) is 24.2 Å². The summed E-state index contributed by atoms with van der Waals surface area (Å²) in [6, 6.07) is 3.98. The van der Waals surface area contributed by atoms with E-state index >= 15 is 0 Å². The Morgan fingerprint density at radius 2 is 1.78 bits per heavy atom. The zero-order valence-corrected chi connectivity index (χ0v) is 14.7. The minimum absolute atomic E-state index is 0.0279. The number of halogens is 1. The summed E-state index contributed by atoms with van der Waals surface area (Å²) >= 11 is 5.86. The zero-order valence-electron chi connectivity index (χ0n) is 13.1. The molecular weight excluding hydrogens is 342 g/mol. The van der Waals surface area contributed by atoms with Gasteiger partial charge in [-0.25, -0.2) is 13.1 Å². The van der Waals surface area contributed by atoms with Crippen molar-refractivity contribution in [3.05, 3.63) is 28.8 Å². The van der Waals surface area contributed by atoms with Gasteiger partial charge in [0.25, 0.3) is 5.91 Å². The monoisotopic (exact) mass is 361 g/mol. The van der Waals surface area contributed by atoms with Gasteiger partial charge >= 0.3 is 0 Å². The normalized spacial score (nSPS) is 11.3. The molecule has 1 aromatic rings. The molecule has 0 aliphatic heterocycles. The van der Waals surface area contributed by atoms with Crippen molar-refractivity contribution in [3.63, 3.8) is 0 Å².